The zero-order chi connectivity index (χ0) is 13.4. The fourth-order valence-corrected chi connectivity index (χ4v) is 2.39. The van der Waals surface area contributed by atoms with E-state index >= 15 is 0 Å². The summed E-state index contributed by atoms with van der Waals surface area (Å²) in [4.78, 5) is 4.30. The van der Waals surface area contributed by atoms with Gasteiger partial charge in [-0.2, -0.15) is 10.1 Å². The Hall–Kier alpha value is -1.98. The van der Waals surface area contributed by atoms with Gasteiger partial charge in [0.25, 0.3) is 0 Å². The summed E-state index contributed by atoms with van der Waals surface area (Å²) in [5.74, 6) is 0.180. The molecule has 2 aromatic rings. The molecule has 1 aliphatic heterocycles. The highest BCUT2D eigenvalue weighted by atomic mass is 19.1. The Morgan fingerprint density at radius 2 is 2.11 bits per heavy atom. The number of aryl methyl sites for hydroxylation is 1. The molecule has 0 bridgehead atoms. The zero-order valence-electron chi connectivity index (χ0n) is 10.5. The molecule has 1 N–H and O–H groups in total. The van der Waals surface area contributed by atoms with Crippen molar-refractivity contribution >= 4 is 5.95 Å². The minimum Gasteiger partial charge on any atom is -0.354 e. The van der Waals surface area contributed by atoms with Crippen molar-refractivity contribution in [2.75, 3.05) is 11.9 Å². The monoisotopic (exact) mass is 264 g/mol. The predicted octanol–water partition coefficient (Wildman–Crippen LogP) is 2.52. The normalized spacial score (nSPS) is 17.9. The molecule has 4 nitrogen and oxygen atoms in total. The molecule has 6 heteroatoms. The summed E-state index contributed by atoms with van der Waals surface area (Å²) >= 11 is 0. The van der Waals surface area contributed by atoms with Gasteiger partial charge in [0, 0.05) is 18.5 Å². The molecule has 0 amide bonds. The van der Waals surface area contributed by atoms with Crippen LogP contribution in [-0.4, -0.2) is 21.3 Å². The summed E-state index contributed by atoms with van der Waals surface area (Å²) in [7, 11) is 0. The summed E-state index contributed by atoms with van der Waals surface area (Å²) < 4.78 is 29.4. The molecule has 0 saturated heterocycles. The smallest absolute Gasteiger partial charge is 0.221 e. The van der Waals surface area contributed by atoms with Gasteiger partial charge < -0.3 is 5.32 Å². The van der Waals surface area contributed by atoms with Gasteiger partial charge in [-0.05, 0) is 18.6 Å². The van der Waals surface area contributed by atoms with E-state index < -0.39 is 17.7 Å². The van der Waals surface area contributed by atoms with Crippen LogP contribution in [0.5, 0.6) is 0 Å². The molecule has 1 unspecified atom stereocenters. The summed E-state index contributed by atoms with van der Waals surface area (Å²) in [6.07, 6.45) is 1.27. The first-order valence-corrected chi connectivity index (χ1v) is 6.34. The van der Waals surface area contributed by atoms with Gasteiger partial charge in [0.1, 0.15) is 11.6 Å². The Morgan fingerprint density at radius 3 is 2.79 bits per heavy atom. The molecule has 0 radical (unpaired) electrons. The van der Waals surface area contributed by atoms with Crippen molar-refractivity contribution in [3.63, 3.8) is 0 Å². The predicted molar refractivity (Wildman–Crippen MR) is 67.0 cm³/mol. The summed E-state index contributed by atoms with van der Waals surface area (Å²) in [5, 5.41) is 7.42. The summed E-state index contributed by atoms with van der Waals surface area (Å²) in [6.45, 7) is 2.57. The van der Waals surface area contributed by atoms with Crippen LogP contribution in [0.15, 0.2) is 18.2 Å². The number of nitrogens with zero attached hydrogens (tertiary/aromatic N) is 3. The van der Waals surface area contributed by atoms with Gasteiger partial charge in [0.15, 0.2) is 5.82 Å². The number of nitrogens with one attached hydrogen (secondary N) is 1. The first kappa shape index (κ1) is 12.1. The van der Waals surface area contributed by atoms with Gasteiger partial charge in [-0.25, -0.2) is 13.5 Å². The molecular weight excluding hydrogens is 250 g/mol. The molecule has 2 heterocycles. The lowest BCUT2D eigenvalue weighted by Crippen LogP contribution is -2.26. The van der Waals surface area contributed by atoms with Crippen molar-refractivity contribution in [3.05, 3.63) is 41.2 Å². The second kappa shape index (κ2) is 4.60. The van der Waals surface area contributed by atoms with E-state index in [0.717, 1.165) is 0 Å². The Kier molecular flexibility index (Phi) is 2.93. The van der Waals surface area contributed by atoms with Crippen LogP contribution >= 0.6 is 0 Å². The van der Waals surface area contributed by atoms with E-state index in [0.29, 0.717) is 31.2 Å². The Balaban J connectivity index is 2.10. The van der Waals surface area contributed by atoms with Crippen LogP contribution < -0.4 is 5.32 Å². The second-order valence-electron chi connectivity index (χ2n) is 4.52. The number of hydrogen-bond donors (Lipinski definition) is 1. The lowest BCUT2D eigenvalue weighted by atomic mass is 10.0. The van der Waals surface area contributed by atoms with Crippen LogP contribution in [0.3, 0.4) is 0 Å². The van der Waals surface area contributed by atoms with Crippen molar-refractivity contribution in [1.29, 1.82) is 0 Å². The van der Waals surface area contributed by atoms with E-state index in [4.69, 9.17) is 0 Å². The van der Waals surface area contributed by atoms with E-state index in [-0.39, 0.29) is 5.56 Å². The molecule has 3 rings (SSSR count). The number of rotatable bonds is 2. The average molecular weight is 264 g/mol. The van der Waals surface area contributed by atoms with E-state index in [1.807, 2.05) is 6.92 Å². The molecule has 0 saturated carbocycles. The largest absolute Gasteiger partial charge is 0.354 e. The lowest BCUT2D eigenvalue weighted by Gasteiger charge is -2.25. The van der Waals surface area contributed by atoms with Crippen LogP contribution in [0.2, 0.25) is 0 Å². The first-order valence-electron chi connectivity index (χ1n) is 6.34. The fraction of sp³-hybridized carbons (Fsp3) is 0.385. The number of benzene rings is 1. The molecule has 0 fully saturated rings. The maximum absolute atomic E-state index is 13.9. The minimum absolute atomic E-state index is 0.0674. The second-order valence-corrected chi connectivity index (χ2v) is 4.52. The van der Waals surface area contributed by atoms with Crippen LogP contribution in [0.4, 0.5) is 14.7 Å². The maximum Gasteiger partial charge on any atom is 0.221 e. The van der Waals surface area contributed by atoms with E-state index in [1.54, 1.807) is 4.68 Å². The van der Waals surface area contributed by atoms with E-state index in [1.165, 1.54) is 18.2 Å². The molecule has 1 aliphatic rings. The van der Waals surface area contributed by atoms with Crippen molar-refractivity contribution in [2.24, 2.45) is 0 Å². The molecule has 1 aromatic carbocycles. The lowest BCUT2D eigenvalue weighted by molar-refractivity contribution is 0.431. The number of anilines is 1. The summed E-state index contributed by atoms with van der Waals surface area (Å²) in [5.41, 5.74) is 0.0674. The van der Waals surface area contributed by atoms with Crippen LogP contribution in [-0.2, 0) is 6.42 Å². The minimum atomic E-state index is -0.536. The summed E-state index contributed by atoms with van der Waals surface area (Å²) in [6, 6.07) is 3.48. The number of halogens is 2. The third-order valence-corrected chi connectivity index (χ3v) is 3.32. The molecule has 0 aliphatic carbocycles. The molecule has 0 spiro atoms. The maximum atomic E-state index is 13.9. The molecule has 100 valence electrons. The highest BCUT2D eigenvalue weighted by Crippen LogP contribution is 2.31. The van der Waals surface area contributed by atoms with Crippen LogP contribution in [0, 0.1) is 11.6 Å². The van der Waals surface area contributed by atoms with Gasteiger partial charge in [-0.15, -0.1) is 0 Å². The van der Waals surface area contributed by atoms with Crippen molar-refractivity contribution in [2.45, 2.75) is 25.8 Å². The topological polar surface area (TPSA) is 42.7 Å². The van der Waals surface area contributed by atoms with Crippen LogP contribution in [0.25, 0.3) is 0 Å². The highest BCUT2D eigenvalue weighted by molar-refractivity contribution is 5.34. The van der Waals surface area contributed by atoms with Crippen molar-refractivity contribution in [3.8, 4) is 0 Å². The average Bonchev–Trinajstić information content (AvgIpc) is 2.82. The number of hydrogen-bond acceptors (Lipinski definition) is 3. The SMILES string of the molecule is CCc1nc2n(n1)C(c1c(F)cccc1F)CCN2. The third kappa shape index (κ3) is 1.97. The quantitative estimate of drug-likeness (QED) is 0.906. The van der Waals surface area contributed by atoms with Gasteiger partial charge in [0.2, 0.25) is 5.95 Å². The van der Waals surface area contributed by atoms with E-state index in [2.05, 4.69) is 15.4 Å². The van der Waals surface area contributed by atoms with Crippen LogP contribution in [0.1, 0.15) is 30.8 Å². The third-order valence-electron chi connectivity index (χ3n) is 3.32. The van der Waals surface area contributed by atoms with E-state index in [9.17, 15) is 8.78 Å². The number of fused-ring (bicyclic) bond motifs is 1. The van der Waals surface area contributed by atoms with Crippen molar-refractivity contribution < 1.29 is 8.78 Å². The molecule has 19 heavy (non-hydrogen) atoms. The van der Waals surface area contributed by atoms with Gasteiger partial charge in [-0.1, -0.05) is 13.0 Å². The van der Waals surface area contributed by atoms with Crippen molar-refractivity contribution in [1.82, 2.24) is 14.8 Å². The molecule has 1 atom stereocenters. The van der Waals surface area contributed by atoms with Gasteiger partial charge >= 0.3 is 0 Å². The Morgan fingerprint density at radius 1 is 1.37 bits per heavy atom. The Bertz CT molecular complexity index is 588. The highest BCUT2D eigenvalue weighted by Gasteiger charge is 2.28. The van der Waals surface area contributed by atoms with Gasteiger partial charge in [0.05, 0.1) is 6.04 Å². The zero-order valence-corrected chi connectivity index (χ0v) is 10.5. The molecule has 1 aromatic heterocycles. The first-order chi connectivity index (χ1) is 9.20. The molecular formula is C13H14F2N4. The van der Waals surface area contributed by atoms with Gasteiger partial charge in [-0.3, -0.25) is 0 Å². The number of aromatic nitrogens is 3. The fourth-order valence-electron chi connectivity index (χ4n) is 2.39. The Labute approximate surface area is 109 Å². The standard InChI is InChI=1S/C13H14F2N4/c1-2-11-17-13-16-7-6-10(19(13)18-11)12-8(14)4-3-5-9(12)15/h3-5,10H,2,6-7H2,1H3,(H,16,17,18).